The van der Waals surface area contributed by atoms with E-state index in [-0.39, 0.29) is 77.7 Å². The SMILES string of the molecule is CCCCC(CC)COC(=O)CC(C(=O)OCC(CC)CCCC)S(=O)(=O)[O-].O=C([O-])CC(C(=O)[O-])S(=O)(=O)O.[Mg+2].[Na+]. The van der Waals surface area contributed by atoms with Gasteiger partial charge in [-0.1, -0.05) is 66.2 Å². The summed E-state index contributed by atoms with van der Waals surface area (Å²) in [6, 6.07) is 0. The van der Waals surface area contributed by atoms with Crippen LogP contribution >= 0.6 is 0 Å². The molecule has 4 unspecified atom stereocenters. The van der Waals surface area contributed by atoms with E-state index in [1.807, 2.05) is 13.8 Å². The van der Waals surface area contributed by atoms with Gasteiger partial charge in [0.05, 0.1) is 25.6 Å². The minimum atomic E-state index is -5.01. The number of carboxylic acid groups (broad SMARTS) is 2. The number of hydrogen-bond acceptors (Lipinski definition) is 13. The maximum absolute atomic E-state index is 12.1. The van der Waals surface area contributed by atoms with Crippen LogP contribution in [-0.4, -0.2) is 96.6 Å². The topological polar surface area (TPSA) is 244 Å². The van der Waals surface area contributed by atoms with E-state index >= 15 is 0 Å². The zero-order valence-corrected chi connectivity index (χ0v) is 30.1. The second-order valence-corrected chi connectivity index (χ2v) is 12.4. The largest absolute Gasteiger partial charge is 2.00 e. The van der Waals surface area contributed by atoms with E-state index in [0.29, 0.717) is 0 Å². The minimum Gasteiger partial charge on any atom is -0.747 e. The molecule has 0 aliphatic carbocycles. The average molecular weight is 665 g/mol. The number of rotatable bonds is 20. The van der Waals surface area contributed by atoms with E-state index in [1.54, 1.807) is 0 Å². The van der Waals surface area contributed by atoms with Crippen LogP contribution in [0.5, 0.6) is 0 Å². The molecule has 1 N–H and O–H groups in total. The zero-order valence-electron chi connectivity index (χ0n) is 25.1. The summed E-state index contributed by atoms with van der Waals surface area (Å²) >= 11 is 0. The summed E-state index contributed by atoms with van der Waals surface area (Å²) < 4.78 is 73.0. The summed E-state index contributed by atoms with van der Waals surface area (Å²) in [5.41, 5.74) is 0. The van der Waals surface area contributed by atoms with Crippen LogP contribution in [0.3, 0.4) is 0 Å². The number of carbonyl (C=O) groups excluding carboxylic acids is 4. The summed E-state index contributed by atoms with van der Waals surface area (Å²) in [4.78, 5) is 43.9. The number of ether oxygens (including phenoxy) is 2. The molecule has 0 aliphatic rings. The van der Waals surface area contributed by atoms with Crippen molar-refractivity contribution in [3.05, 3.63) is 0 Å². The predicted octanol–water partition coefficient (Wildman–Crippen LogP) is -3.43. The maximum Gasteiger partial charge on any atom is 2.00 e. The standard InChI is InChI=1S/C20H38O7S.C4H6O7S.Mg.Na/c1-5-9-11-16(7-3)14-26-19(21)13-18(28(23,24)25)20(22)27-15-17(8-4)12-10-6-2;5-3(6)1-2(4(7)8)12(9,10)11;;/h16-18H,5-15H2,1-4H3,(H,23,24,25);2H,1H2,(H,5,6)(H,7,8)(H,9,10,11);;/q;;+2;+1/p-3. The third kappa shape index (κ3) is 23.9. The van der Waals surface area contributed by atoms with Crippen LogP contribution in [0.1, 0.15) is 91.9 Å². The van der Waals surface area contributed by atoms with Gasteiger partial charge in [-0.3, -0.25) is 14.1 Å². The fourth-order valence-electron chi connectivity index (χ4n) is 3.28. The number of carboxylic acids is 2. The van der Waals surface area contributed by atoms with Gasteiger partial charge in [0, 0.05) is 12.4 Å². The molecule has 0 saturated carbocycles. The fourth-order valence-corrected chi connectivity index (χ4v) is 4.51. The molecule has 0 aromatic carbocycles. The first-order valence-electron chi connectivity index (χ1n) is 13.1. The molecule has 42 heavy (non-hydrogen) atoms. The second-order valence-electron chi connectivity index (χ2n) is 9.23. The van der Waals surface area contributed by atoms with Crippen molar-refractivity contribution in [3.8, 4) is 0 Å². The second kappa shape index (κ2) is 25.8. The monoisotopic (exact) mass is 664 g/mol. The number of unbranched alkanes of at least 4 members (excludes halogenated alkanes) is 2. The molecule has 236 valence electrons. The first-order valence-corrected chi connectivity index (χ1v) is 16.1. The predicted molar refractivity (Wildman–Crippen MR) is 142 cm³/mol. The molecule has 0 bridgehead atoms. The van der Waals surface area contributed by atoms with Gasteiger partial charge in [0.2, 0.25) is 0 Å². The summed E-state index contributed by atoms with van der Waals surface area (Å²) in [6.45, 7) is 8.26. The minimum absolute atomic E-state index is 0. The summed E-state index contributed by atoms with van der Waals surface area (Å²) in [5, 5.41) is 15.2. The van der Waals surface area contributed by atoms with Crippen LogP contribution in [-0.2, 0) is 48.9 Å². The molecule has 0 aliphatic heterocycles. The van der Waals surface area contributed by atoms with Crippen LogP contribution < -0.4 is 39.8 Å². The van der Waals surface area contributed by atoms with E-state index in [0.717, 1.165) is 51.4 Å². The Morgan fingerprint density at radius 2 is 1.19 bits per heavy atom. The van der Waals surface area contributed by atoms with Crippen molar-refractivity contribution in [2.45, 2.75) is 102 Å². The quantitative estimate of drug-likeness (QED) is 0.0756. The first kappa shape index (κ1) is 48.4. The average Bonchev–Trinajstić information content (AvgIpc) is 2.84. The molecule has 0 fully saturated rings. The third-order valence-electron chi connectivity index (χ3n) is 5.97. The normalized spacial score (nSPS) is 13.9. The number of hydrogen-bond donors (Lipinski definition) is 1. The zero-order chi connectivity index (χ0) is 31.5. The Bertz CT molecular complexity index is 1000. The summed E-state index contributed by atoms with van der Waals surface area (Å²) in [7, 11) is -9.96. The molecule has 4 atom stereocenters. The molecule has 0 saturated heterocycles. The molecular formula is C24H41MgNaO14S2. The maximum atomic E-state index is 12.1. The molecule has 0 spiro atoms. The Labute approximate surface area is 287 Å². The molecule has 0 aromatic rings. The van der Waals surface area contributed by atoms with Crippen LogP contribution in [0.2, 0.25) is 0 Å². The molecule has 0 rings (SSSR count). The van der Waals surface area contributed by atoms with E-state index in [4.69, 9.17) is 14.0 Å². The van der Waals surface area contributed by atoms with Crippen molar-refractivity contribution in [1.29, 1.82) is 0 Å². The molecule has 18 heteroatoms. The van der Waals surface area contributed by atoms with E-state index < -0.39 is 67.5 Å². The van der Waals surface area contributed by atoms with Gasteiger partial charge < -0.3 is 33.8 Å². The van der Waals surface area contributed by atoms with E-state index in [2.05, 4.69) is 13.8 Å². The molecule has 0 aromatic heterocycles. The van der Waals surface area contributed by atoms with Crippen molar-refractivity contribution in [2.75, 3.05) is 13.2 Å². The van der Waals surface area contributed by atoms with E-state index in [9.17, 15) is 50.8 Å². The number of carbonyl (C=O) groups is 4. The van der Waals surface area contributed by atoms with Crippen molar-refractivity contribution in [3.63, 3.8) is 0 Å². The van der Waals surface area contributed by atoms with Gasteiger partial charge in [0.25, 0.3) is 10.1 Å². The Morgan fingerprint density at radius 1 is 0.762 bits per heavy atom. The summed E-state index contributed by atoms with van der Waals surface area (Å²) in [6.07, 6.45) is 5.25. The van der Waals surface area contributed by atoms with Gasteiger partial charge in [-0.25, -0.2) is 8.42 Å². The number of aliphatic carboxylic acids is 2. The van der Waals surface area contributed by atoms with Crippen molar-refractivity contribution < 1.29 is 94.4 Å². The van der Waals surface area contributed by atoms with Gasteiger partial charge in [-0.2, -0.15) is 8.42 Å². The van der Waals surface area contributed by atoms with E-state index in [1.165, 1.54) is 0 Å². The fraction of sp³-hybridized carbons (Fsp3) is 0.833. The van der Waals surface area contributed by atoms with Crippen molar-refractivity contribution >= 4 is 67.2 Å². The smallest absolute Gasteiger partial charge is 0.747 e. The van der Waals surface area contributed by atoms with Crippen LogP contribution in [0, 0.1) is 11.8 Å². The Balaban J connectivity index is -0.000000436. The van der Waals surface area contributed by atoms with Crippen LogP contribution in [0.25, 0.3) is 0 Å². The Morgan fingerprint density at radius 3 is 1.48 bits per heavy atom. The van der Waals surface area contributed by atoms with Gasteiger partial charge in [0.1, 0.15) is 15.4 Å². The van der Waals surface area contributed by atoms with Crippen molar-refractivity contribution in [1.82, 2.24) is 0 Å². The van der Waals surface area contributed by atoms with Gasteiger partial charge in [-0.15, -0.1) is 0 Å². The molecular weight excluding hydrogens is 624 g/mol. The van der Waals surface area contributed by atoms with Gasteiger partial charge >= 0.3 is 64.5 Å². The number of esters is 2. The first-order chi connectivity index (χ1) is 18.4. The van der Waals surface area contributed by atoms with Gasteiger partial charge in [-0.05, 0) is 24.7 Å². The molecule has 14 nitrogen and oxygen atoms in total. The Hall–Kier alpha value is -0.534. The molecule has 0 radical (unpaired) electrons. The summed E-state index contributed by atoms with van der Waals surface area (Å²) in [5.74, 6) is -5.82. The Kier molecular flexibility index (Phi) is 29.7. The van der Waals surface area contributed by atoms with Gasteiger partial charge in [0.15, 0.2) is 5.25 Å². The van der Waals surface area contributed by atoms with Crippen LogP contribution in [0.15, 0.2) is 0 Å². The molecule has 0 amide bonds. The van der Waals surface area contributed by atoms with Crippen LogP contribution in [0.4, 0.5) is 0 Å². The molecule has 0 heterocycles. The third-order valence-corrected chi connectivity index (χ3v) is 8.10. The van der Waals surface area contributed by atoms with Crippen molar-refractivity contribution in [2.24, 2.45) is 11.8 Å².